The Balaban J connectivity index is 1.81. The Morgan fingerprint density at radius 1 is 1.48 bits per heavy atom. The van der Waals surface area contributed by atoms with Crippen LogP contribution in [0.3, 0.4) is 0 Å². The number of rotatable bonds is 10. The first-order chi connectivity index (χ1) is 12.8. The van der Waals surface area contributed by atoms with E-state index in [1.54, 1.807) is 35.4 Å². The van der Waals surface area contributed by atoms with Gasteiger partial charge in [0, 0.05) is 36.1 Å². The molecular formula is C19H24F3NO2S2. The maximum Gasteiger partial charge on any atom is 0.301 e. The molecule has 27 heavy (non-hydrogen) atoms. The average molecular weight is 420 g/mol. The fraction of sp³-hybridized carbons (Fsp3) is 0.579. The number of aliphatic hydroxyl groups is 1. The predicted molar refractivity (Wildman–Crippen MR) is 103 cm³/mol. The highest BCUT2D eigenvalue weighted by atomic mass is 32.2. The maximum absolute atomic E-state index is 12.9. The monoisotopic (exact) mass is 419 g/mol. The quantitative estimate of drug-likeness (QED) is 0.386. The minimum Gasteiger partial charge on any atom is -0.390 e. The number of hydrogen-bond acceptors (Lipinski definition) is 5. The van der Waals surface area contributed by atoms with E-state index in [2.05, 4.69) is 4.98 Å². The van der Waals surface area contributed by atoms with Crippen molar-refractivity contribution < 1.29 is 23.1 Å². The Labute approximate surface area is 165 Å². The van der Waals surface area contributed by atoms with Crippen molar-refractivity contribution in [1.82, 2.24) is 4.98 Å². The van der Waals surface area contributed by atoms with Crippen molar-refractivity contribution in [3.8, 4) is 0 Å². The molecular weight excluding hydrogens is 395 g/mol. The molecule has 0 radical (unpaired) electrons. The highest BCUT2D eigenvalue weighted by Crippen LogP contribution is 2.35. The van der Waals surface area contributed by atoms with Gasteiger partial charge in [0.15, 0.2) is 5.83 Å². The summed E-state index contributed by atoms with van der Waals surface area (Å²) in [5.74, 6) is -0.281. The standard InChI is InChI=1S/C19H24F3NO2S2/c1-19(25,9-6-15(20)17(21)22)8-2-3-13-4-5-16(24)14(13)7-11-26-18-23-10-12-27-18/h2-3,10,12-14,25H,4-9,11H2,1H3/b3-2+/t13-,14-,19+/m0/s1. The second-order valence-electron chi connectivity index (χ2n) is 7.01. The van der Waals surface area contributed by atoms with Crippen LogP contribution < -0.4 is 0 Å². The minimum atomic E-state index is -2.33. The molecule has 1 aliphatic carbocycles. The van der Waals surface area contributed by atoms with Gasteiger partial charge in [-0.1, -0.05) is 23.9 Å². The molecule has 2 rings (SSSR count). The van der Waals surface area contributed by atoms with Gasteiger partial charge >= 0.3 is 6.08 Å². The molecule has 1 heterocycles. The van der Waals surface area contributed by atoms with Gasteiger partial charge in [-0.3, -0.25) is 4.79 Å². The first-order valence-corrected chi connectivity index (χ1v) is 10.8. The summed E-state index contributed by atoms with van der Waals surface area (Å²) >= 11 is 3.23. The molecule has 0 aromatic carbocycles. The lowest BCUT2D eigenvalue weighted by Crippen LogP contribution is -2.23. The molecule has 0 aliphatic heterocycles. The minimum absolute atomic E-state index is 0.0281. The molecule has 150 valence electrons. The van der Waals surface area contributed by atoms with Crippen LogP contribution in [0.15, 0.2) is 40.0 Å². The molecule has 1 saturated carbocycles. The number of thioether (sulfide) groups is 1. The normalized spacial score (nSPS) is 22.3. The molecule has 0 unspecified atom stereocenters. The summed E-state index contributed by atoms with van der Waals surface area (Å²) in [5.41, 5.74) is -1.26. The summed E-state index contributed by atoms with van der Waals surface area (Å²) in [7, 11) is 0. The van der Waals surface area contributed by atoms with E-state index in [1.165, 1.54) is 6.92 Å². The number of carbonyl (C=O) groups excluding carboxylic acids is 1. The first-order valence-electron chi connectivity index (χ1n) is 8.92. The fourth-order valence-corrected chi connectivity index (χ4v) is 4.90. The average Bonchev–Trinajstić information content (AvgIpc) is 3.24. The summed E-state index contributed by atoms with van der Waals surface area (Å²) in [5, 5.41) is 12.1. The summed E-state index contributed by atoms with van der Waals surface area (Å²) < 4.78 is 38.1. The van der Waals surface area contributed by atoms with Crippen LogP contribution in [-0.4, -0.2) is 27.2 Å². The number of nitrogens with zero attached hydrogens (tertiary/aromatic N) is 1. The van der Waals surface area contributed by atoms with Crippen LogP contribution in [0.2, 0.25) is 0 Å². The third kappa shape index (κ3) is 7.43. The van der Waals surface area contributed by atoms with E-state index < -0.39 is 23.9 Å². The van der Waals surface area contributed by atoms with E-state index >= 15 is 0 Å². The van der Waals surface area contributed by atoms with Gasteiger partial charge in [-0.15, -0.1) is 11.3 Å². The van der Waals surface area contributed by atoms with E-state index in [0.717, 1.165) is 22.9 Å². The predicted octanol–water partition coefficient (Wildman–Crippen LogP) is 5.78. The van der Waals surface area contributed by atoms with Crippen molar-refractivity contribution in [2.45, 2.75) is 55.4 Å². The molecule has 0 bridgehead atoms. The van der Waals surface area contributed by atoms with Crippen molar-refractivity contribution in [3.63, 3.8) is 0 Å². The number of hydrogen-bond donors (Lipinski definition) is 1. The summed E-state index contributed by atoms with van der Waals surface area (Å²) in [6.07, 6.45) is 4.95. The van der Waals surface area contributed by atoms with Crippen LogP contribution in [0, 0.1) is 11.8 Å². The lowest BCUT2D eigenvalue weighted by molar-refractivity contribution is -0.121. The van der Waals surface area contributed by atoms with Gasteiger partial charge in [0.2, 0.25) is 0 Å². The number of allylic oxidation sites excluding steroid dienone is 2. The summed E-state index contributed by atoms with van der Waals surface area (Å²) in [4.78, 5) is 16.4. The van der Waals surface area contributed by atoms with Gasteiger partial charge in [-0.25, -0.2) is 9.37 Å². The fourth-order valence-electron chi connectivity index (χ4n) is 3.17. The number of aromatic nitrogens is 1. The molecule has 1 aliphatic rings. The zero-order valence-electron chi connectivity index (χ0n) is 15.2. The van der Waals surface area contributed by atoms with Crippen LogP contribution in [0.4, 0.5) is 13.2 Å². The highest BCUT2D eigenvalue weighted by molar-refractivity contribution is 8.00. The molecule has 0 spiro atoms. The van der Waals surface area contributed by atoms with Crippen molar-refractivity contribution in [3.05, 3.63) is 35.6 Å². The van der Waals surface area contributed by atoms with Crippen LogP contribution in [0.25, 0.3) is 0 Å². The molecule has 3 atom stereocenters. The molecule has 0 amide bonds. The molecule has 1 aromatic rings. The Bertz CT molecular complexity index is 671. The molecule has 8 heteroatoms. The van der Waals surface area contributed by atoms with Gasteiger partial charge in [0.05, 0.1) is 5.60 Å². The smallest absolute Gasteiger partial charge is 0.301 e. The third-order valence-corrected chi connectivity index (χ3v) is 6.75. The number of carbonyl (C=O) groups is 1. The molecule has 1 N–H and O–H groups in total. The van der Waals surface area contributed by atoms with Gasteiger partial charge in [0.25, 0.3) is 0 Å². The zero-order chi connectivity index (χ0) is 19.9. The Kier molecular flexibility index (Phi) is 8.57. The van der Waals surface area contributed by atoms with Crippen molar-refractivity contribution >= 4 is 28.9 Å². The first kappa shape index (κ1) is 22.2. The largest absolute Gasteiger partial charge is 0.390 e. The number of Topliss-reactive ketones (excluding diaryl/α,β-unsaturated/α-hetero) is 1. The van der Waals surface area contributed by atoms with Gasteiger partial charge < -0.3 is 5.11 Å². The zero-order valence-corrected chi connectivity index (χ0v) is 16.8. The summed E-state index contributed by atoms with van der Waals surface area (Å²) in [6, 6.07) is 0. The topological polar surface area (TPSA) is 50.2 Å². The van der Waals surface area contributed by atoms with Gasteiger partial charge in [0.1, 0.15) is 10.1 Å². The van der Waals surface area contributed by atoms with E-state index in [0.29, 0.717) is 6.42 Å². The number of ketones is 1. The second kappa shape index (κ2) is 10.4. The molecule has 1 fully saturated rings. The van der Waals surface area contributed by atoms with E-state index in [1.807, 2.05) is 11.5 Å². The molecule has 1 aromatic heterocycles. The van der Waals surface area contributed by atoms with E-state index in [9.17, 15) is 23.1 Å². The maximum atomic E-state index is 12.9. The SMILES string of the molecule is C[C@@](O)(C/C=C/[C@H]1CCC(=O)[C@H]1CCSc1nccs1)CCC(F)=C(F)F. The van der Waals surface area contributed by atoms with Gasteiger partial charge in [-0.05, 0) is 38.5 Å². The lowest BCUT2D eigenvalue weighted by Gasteiger charge is -2.21. The van der Waals surface area contributed by atoms with E-state index in [-0.39, 0.29) is 30.5 Å². The van der Waals surface area contributed by atoms with Crippen molar-refractivity contribution in [1.29, 1.82) is 0 Å². The van der Waals surface area contributed by atoms with Crippen molar-refractivity contribution in [2.75, 3.05) is 5.75 Å². The van der Waals surface area contributed by atoms with Crippen LogP contribution in [0.1, 0.15) is 45.4 Å². The van der Waals surface area contributed by atoms with Gasteiger partial charge in [-0.2, -0.15) is 8.78 Å². The third-order valence-electron chi connectivity index (χ3n) is 4.75. The van der Waals surface area contributed by atoms with Crippen LogP contribution in [-0.2, 0) is 4.79 Å². The Hall–Kier alpha value is -1.12. The van der Waals surface area contributed by atoms with Crippen molar-refractivity contribution in [2.24, 2.45) is 11.8 Å². The highest BCUT2D eigenvalue weighted by Gasteiger charge is 2.32. The number of halogens is 3. The second-order valence-corrected chi connectivity index (χ2v) is 9.24. The Morgan fingerprint density at radius 2 is 2.26 bits per heavy atom. The van der Waals surface area contributed by atoms with E-state index in [4.69, 9.17) is 0 Å². The van der Waals surface area contributed by atoms with Crippen LogP contribution in [0.5, 0.6) is 0 Å². The van der Waals surface area contributed by atoms with Crippen LogP contribution >= 0.6 is 23.1 Å². The summed E-state index contributed by atoms with van der Waals surface area (Å²) in [6.45, 7) is 1.50. The lowest BCUT2D eigenvalue weighted by atomic mass is 9.90. The Morgan fingerprint density at radius 3 is 2.93 bits per heavy atom. The molecule has 0 saturated heterocycles. The molecule has 3 nitrogen and oxygen atoms in total. The number of thiazole rings is 1.